The number of nitrogens with two attached hydrogens (primary N) is 2. The molecule has 1 heterocycles. The van der Waals surface area contributed by atoms with Crippen LogP contribution in [0, 0.1) is 0 Å². The molecule has 2 aromatic rings. The van der Waals surface area contributed by atoms with Crippen LogP contribution < -0.4 is 16.4 Å². The maximum absolute atomic E-state index is 11.0. The summed E-state index contributed by atoms with van der Waals surface area (Å²) in [5.41, 5.74) is 13.6. The molecule has 0 saturated carbocycles. The van der Waals surface area contributed by atoms with E-state index in [2.05, 4.69) is 5.10 Å². The summed E-state index contributed by atoms with van der Waals surface area (Å²) in [6.45, 7) is 0. The fourth-order valence-electron chi connectivity index (χ4n) is 1.66. The number of carbonyl (C=O) groups is 1. The molecule has 4 N–H and O–H groups in total. The molecule has 0 fully saturated rings. The van der Waals surface area contributed by atoms with Gasteiger partial charge in [0.15, 0.2) is 0 Å². The molecule has 0 spiro atoms. The lowest BCUT2D eigenvalue weighted by Crippen LogP contribution is -2.31. The van der Waals surface area contributed by atoms with Crippen molar-refractivity contribution in [1.29, 1.82) is 0 Å². The molecule has 6 nitrogen and oxygen atoms in total. The third kappa shape index (κ3) is 2.00. The molecular formula is C12H15N5O. The number of carbonyl (C=O) groups excluding carboxylic acids is 1. The van der Waals surface area contributed by atoms with Crippen molar-refractivity contribution in [3.8, 4) is 11.1 Å². The molecule has 0 aliphatic heterocycles. The number of anilines is 2. The van der Waals surface area contributed by atoms with E-state index >= 15 is 0 Å². The average molecular weight is 245 g/mol. The number of aryl methyl sites for hydroxylation is 1. The summed E-state index contributed by atoms with van der Waals surface area (Å²) in [6.07, 6.45) is 1.71. The molecule has 0 radical (unpaired) electrons. The Labute approximate surface area is 105 Å². The lowest BCUT2D eigenvalue weighted by Gasteiger charge is -2.14. The number of hydrogen-bond acceptors (Lipinski definition) is 3. The maximum atomic E-state index is 11.0. The third-order valence-corrected chi connectivity index (χ3v) is 2.88. The number of nitrogens with zero attached hydrogens (tertiary/aromatic N) is 3. The number of primary amides is 1. The van der Waals surface area contributed by atoms with Gasteiger partial charge in [0.2, 0.25) is 0 Å². The lowest BCUT2D eigenvalue weighted by molar-refractivity contribution is 0.255. The monoisotopic (exact) mass is 245 g/mol. The Morgan fingerprint density at radius 2 is 1.94 bits per heavy atom. The maximum Gasteiger partial charge on any atom is 0.318 e. The summed E-state index contributed by atoms with van der Waals surface area (Å²) in [5.74, 6) is 0.603. The van der Waals surface area contributed by atoms with E-state index in [1.165, 1.54) is 4.90 Å². The molecule has 1 aromatic heterocycles. The first-order chi connectivity index (χ1) is 8.50. The van der Waals surface area contributed by atoms with Crippen LogP contribution in [0.4, 0.5) is 16.3 Å². The van der Waals surface area contributed by atoms with Gasteiger partial charge >= 0.3 is 6.03 Å². The van der Waals surface area contributed by atoms with Crippen molar-refractivity contribution < 1.29 is 4.79 Å². The minimum Gasteiger partial charge on any atom is -0.383 e. The molecule has 2 rings (SSSR count). The van der Waals surface area contributed by atoms with E-state index in [1.807, 2.05) is 24.3 Å². The topological polar surface area (TPSA) is 90.2 Å². The zero-order valence-electron chi connectivity index (χ0n) is 10.3. The van der Waals surface area contributed by atoms with Gasteiger partial charge in [0, 0.05) is 25.3 Å². The largest absolute Gasteiger partial charge is 0.383 e. The normalized spacial score (nSPS) is 10.3. The van der Waals surface area contributed by atoms with E-state index in [1.54, 1.807) is 25.0 Å². The van der Waals surface area contributed by atoms with Crippen LogP contribution in [0.1, 0.15) is 0 Å². The first-order valence-electron chi connectivity index (χ1n) is 5.41. The van der Waals surface area contributed by atoms with Gasteiger partial charge in [-0.25, -0.2) is 4.79 Å². The van der Waals surface area contributed by atoms with Crippen LogP contribution in [-0.2, 0) is 7.05 Å². The van der Waals surface area contributed by atoms with Gasteiger partial charge in [-0.3, -0.25) is 9.58 Å². The van der Waals surface area contributed by atoms with Crippen LogP contribution in [-0.4, -0.2) is 22.9 Å². The quantitative estimate of drug-likeness (QED) is 0.832. The van der Waals surface area contributed by atoms with E-state index in [-0.39, 0.29) is 0 Å². The number of aromatic nitrogens is 2. The van der Waals surface area contributed by atoms with Crippen LogP contribution in [0.25, 0.3) is 11.1 Å². The van der Waals surface area contributed by atoms with Gasteiger partial charge in [0.05, 0.1) is 6.20 Å². The molecular weight excluding hydrogens is 230 g/mol. The Morgan fingerprint density at radius 3 is 2.39 bits per heavy atom. The molecule has 0 saturated heterocycles. The summed E-state index contributed by atoms with van der Waals surface area (Å²) in [6, 6.07) is 6.88. The first-order valence-corrected chi connectivity index (χ1v) is 5.41. The van der Waals surface area contributed by atoms with Crippen LogP contribution in [0.2, 0.25) is 0 Å². The lowest BCUT2D eigenvalue weighted by atomic mass is 10.1. The minimum atomic E-state index is -0.497. The van der Waals surface area contributed by atoms with Crippen molar-refractivity contribution in [3.05, 3.63) is 30.5 Å². The predicted octanol–water partition coefficient (Wildman–Crippen LogP) is 1.18. The van der Waals surface area contributed by atoms with E-state index in [0.717, 1.165) is 16.8 Å². The van der Waals surface area contributed by atoms with Gasteiger partial charge in [-0.05, 0) is 17.7 Å². The van der Waals surface area contributed by atoms with Crippen molar-refractivity contribution in [2.75, 3.05) is 17.7 Å². The molecule has 0 atom stereocenters. The number of rotatable bonds is 2. The van der Waals surface area contributed by atoms with Gasteiger partial charge in [0.25, 0.3) is 0 Å². The second-order valence-corrected chi connectivity index (χ2v) is 4.01. The van der Waals surface area contributed by atoms with Crippen LogP contribution in [0.3, 0.4) is 0 Å². The number of benzene rings is 1. The Balaban J connectivity index is 2.33. The summed E-state index contributed by atoms with van der Waals surface area (Å²) in [4.78, 5) is 12.4. The number of nitrogen functional groups attached to an aromatic ring is 1. The third-order valence-electron chi connectivity index (χ3n) is 2.88. The highest BCUT2D eigenvalue weighted by molar-refractivity contribution is 5.90. The van der Waals surface area contributed by atoms with Crippen molar-refractivity contribution >= 4 is 17.5 Å². The van der Waals surface area contributed by atoms with E-state index in [0.29, 0.717) is 5.82 Å². The Bertz CT molecular complexity index is 573. The standard InChI is InChI=1S/C12H15N5O/c1-16(12(14)18)9-5-3-8(4-6-9)10-7-15-17(2)11(10)13/h3-7H,13H2,1-2H3,(H2,14,18). The van der Waals surface area contributed by atoms with Crippen molar-refractivity contribution in [2.45, 2.75) is 0 Å². The van der Waals surface area contributed by atoms with Gasteiger partial charge in [-0.15, -0.1) is 0 Å². The van der Waals surface area contributed by atoms with Crippen LogP contribution in [0.5, 0.6) is 0 Å². The molecule has 2 amide bonds. The number of hydrogen-bond donors (Lipinski definition) is 2. The van der Waals surface area contributed by atoms with E-state index in [4.69, 9.17) is 11.5 Å². The van der Waals surface area contributed by atoms with Gasteiger partial charge < -0.3 is 11.5 Å². The number of amides is 2. The molecule has 0 aliphatic carbocycles. The predicted molar refractivity (Wildman–Crippen MR) is 71.0 cm³/mol. The Kier molecular flexibility index (Phi) is 2.93. The van der Waals surface area contributed by atoms with E-state index < -0.39 is 6.03 Å². The van der Waals surface area contributed by atoms with Crippen molar-refractivity contribution in [3.63, 3.8) is 0 Å². The Morgan fingerprint density at radius 1 is 1.33 bits per heavy atom. The molecule has 0 aliphatic rings. The molecule has 6 heteroatoms. The smallest absolute Gasteiger partial charge is 0.318 e. The molecule has 0 bridgehead atoms. The second kappa shape index (κ2) is 4.40. The SMILES string of the molecule is CN(C(N)=O)c1ccc(-c2cnn(C)c2N)cc1. The van der Waals surface area contributed by atoms with Crippen molar-refractivity contribution in [2.24, 2.45) is 12.8 Å². The highest BCUT2D eigenvalue weighted by Crippen LogP contribution is 2.26. The summed E-state index contributed by atoms with van der Waals surface area (Å²) >= 11 is 0. The summed E-state index contributed by atoms with van der Waals surface area (Å²) in [7, 11) is 3.41. The van der Waals surface area contributed by atoms with Gasteiger partial charge in [-0.2, -0.15) is 5.10 Å². The highest BCUT2D eigenvalue weighted by atomic mass is 16.2. The van der Waals surface area contributed by atoms with E-state index in [9.17, 15) is 4.79 Å². The average Bonchev–Trinajstić information content (AvgIpc) is 2.69. The molecule has 94 valence electrons. The molecule has 18 heavy (non-hydrogen) atoms. The second-order valence-electron chi connectivity index (χ2n) is 4.01. The number of urea groups is 1. The fourth-order valence-corrected chi connectivity index (χ4v) is 1.66. The summed E-state index contributed by atoms with van der Waals surface area (Å²) in [5, 5.41) is 4.09. The molecule has 0 unspecified atom stereocenters. The highest BCUT2D eigenvalue weighted by Gasteiger charge is 2.09. The molecule has 1 aromatic carbocycles. The zero-order chi connectivity index (χ0) is 13.3. The van der Waals surface area contributed by atoms with Crippen LogP contribution in [0.15, 0.2) is 30.5 Å². The van der Waals surface area contributed by atoms with Crippen LogP contribution >= 0.6 is 0 Å². The summed E-state index contributed by atoms with van der Waals surface area (Å²) < 4.78 is 1.61. The van der Waals surface area contributed by atoms with Crippen molar-refractivity contribution in [1.82, 2.24) is 9.78 Å². The first kappa shape index (κ1) is 12.0. The fraction of sp³-hybridized carbons (Fsp3) is 0.167. The zero-order valence-corrected chi connectivity index (χ0v) is 10.3. The van der Waals surface area contributed by atoms with Gasteiger partial charge in [-0.1, -0.05) is 12.1 Å². The minimum absolute atomic E-state index is 0.497. The Hall–Kier alpha value is -2.50. The van der Waals surface area contributed by atoms with Gasteiger partial charge in [0.1, 0.15) is 5.82 Å².